The number of hydrogen-bond acceptors (Lipinski definition) is 1. The van der Waals surface area contributed by atoms with E-state index in [1.165, 1.54) is 0 Å². The fraction of sp³-hybridized carbons (Fsp3) is 0.500. The number of benzene rings is 1. The third kappa shape index (κ3) is 4.72. The van der Waals surface area contributed by atoms with Crippen LogP contribution in [0, 0.1) is 5.92 Å². The van der Waals surface area contributed by atoms with Crippen molar-refractivity contribution in [2.75, 3.05) is 6.54 Å². The highest BCUT2D eigenvalue weighted by Gasteiger charge is 2.34. The minimum absolute atomic E-state index is 0.000976. The van der Waals surface area contributed by atoms with Crippen molar-refractivity contribution in [3.63, 3.8) is 0 Å². The minimum Gasteiger partial charge on any atom is -0.602 e. The molecule has 0 spiro atoms. The highest BCUT2D eigenvalue weighted by molar-refractivity contribution is 6.35. The molecule has 0 aliphatic heterocycles. The second-order valence-electron chi connectivity index (χ2n) is 8.64. The van der Waals surface area contributed by atoms with Gasteiger partial charge >= 0.3 is 0 Å². The third-order valence-electron chi connectivity index (χ3n) is 6.51. The van der Waals surface area contributed by atoms with E-state index >= 15 is 0 Å². The first-order chi connectivity index (χ1) is 14.3. The average molecular weight is 436 g/mol. The fourth-order valence-electron chi connectivity index (χ4n) is 4.65. The largest absolute Gasteiger partial charge is 0.602 e. The monoisotopic (exact) mass is 435 g/mol. The molecule has 0 radical (unpaired) electrons. The predicted octanol–water partition coefficient (Wildman–Crippen LogP) is 7.67. The lowest BCUT2D eigenvalue weighted by Crippen LogP contribution is -2.26. The molecule has 2 fully saturated rings. The summed E-state index contributed by atoms with van der Waals surface area (Å²) in [5, 5.41) is 4.51. The summed E-state index contributed by atoms with van der Waals surface area (Å²) in [7, 11) is 0. The Balaban J connectivity index is 1.53. The van der Waals surface area contributed by atoms with Crippen LogP contribution in [0.25, 0.3) is 16.4 Å². The molecule has 0 aromatic heterocycles. The summed E-state index contributed by atoms with van der Waals surface area (Å²) in [5.41, 5.74) is 2.96. The summed E-state index contributed by atoms with van der Waals surface area (Å²) in [6.07, 6.45) is 1.66. The Morgan fingerprint density at radius 2 is 1.83 bits per heavy atom. The Morgan fingerprint density at radius 1 is 1.10 bits per heavy atom. The second kappa shape index (κ2) is 8.70. The van der Waals surface area contributed by atoms with E-state index in [4.69, 9.17) is 11.6 Å². The molecule has 1 amide bonds. The van der Waals surface area contributed by atoms with Crippen LogP contribution in [0.3, 0.4) is 0 Å². The number of hydrogen-bond donors (Lipinski definition) is 0. The van der Waals surface area contributed by atoms with Gasteiger partial charge in [-0.15, -0.1) is 6.54 Å². The van der Waals surface area contributed by atoms with Crippen LogP contribution in [-0.2, 0) is 0 Å². The lowest BCUT2D eigenvalue weighted by atomic mass is 9.86. The quantitative estimate of drug-likeness (QED) is 0.453. The molecular weight excluding hydrogens is 411 g/mol. The summed E-state index contributed by atoms with van der Waals surface area (Å²) >= 11 is 6.36. The predicted molar refractivity (Wildman–Crippen MR) is 113 cm³/mol. The van der Waals surface area contributed by atoms with Crippen molar-refractivity contribution in [1.29, 1.82) is 0 Å². The van der Waals surface area contributed by atoms with E-state index in [-0.39, 0.29) is 31.2 Å². The van der Waals surface area contributed by atoms with Gasteiger partial charge in [0.15, 0.2) is 11.5 Å². The topological polar surface area (TPSA) is 31.2 Å². The van der Waals surface area contributed by atoms with Crippen LogP contribution in [0.1, 0.15) is 66.8 Å². The molecule has 30 heavy (non-hydrogen) atoms. The van der Waals surface area contributed by atoms with Gasteiger partial charge in [0.25, 0.3) is 0 Å². The van der Waals surface area contributed by atoms with Crippen LogP contribution in [0.15, 0.2) is 36.4 Å². The number of carbonyl (C=O) groups excluding carboxylic acids is 1. The molecule has 0 N–H and O–H groups in total. The molecule has 0 saturated heterocycles. The van der Waals surface area contributed by atoms with Crippen LogP contribution in [0.4, 0.5) is 13.2 Å². The molecule has 4 aliphatic carbocycles. The number of amides is 1. The Hall–Kier alpha value is -1.88. The molecule has 2 saturated carbocycles. The van der Waals surface area contributed by atoms with Gasteiger partial charge in [0.2, 0.25) is 5.92 Å². The number of rotatable bonds is 4. The van der Waals surface area contributed by atoms with Gasteiger partial charge in [-0.25, -0.2) is 13.2 Å². The van der Waals surface area contributed by atoms with Gasteiger partial charge in [0, 0.05) is 25.0 Å². The maximum Gasteiger partial charge on any atom is 0.248 e. The van der Waals surface area contributed by atoms with Gasteiger partial charge in [-0.05, 0) is 73.4 Å². The van der Waals surface area contributed by atoms with Crippen LogP contribution < -0.4 is 0 Å². The Bertz CT molecular complexity index is 900. The van der Waals surface area contributed by atoms with Gasteiger partial charge in [-0.1, -0.05) is 12.0 Å². The molecule has 4 rings (SSSR count). The first kappa shape index (κ1) is 21.4. The number of halogens is 4. The first-order valence-corrected chi connectivity index (χ1v) is 11.0. The van der Waals surface area contributed by atoms with Gasteiger partial charge in [0.05, 0.1) is 11.1 Å². The second-order valence-corrected chi connectivity index (χ2v) is 9.05. The van der Waals surface area contributed by atoms with Gasteiger partial charge in [0.1, 0.15) is 11.2 Å². The summed E-state index contributed by atoms with van der Waals surface area (Å²) in [6, 6.07) is 11.3. The van der Waals surface area contributed by atoms with E-state index in [1.807, 2.05) is 30.3 Å². The van der Waals surface area contributed by atoms with E-state index in [9.17, 15) is 18.0 Å². The molecule has 0 aromatic carbocycles. The Labute approximate surface area is 180 Å². The van der Waals surface area contributed by atoms with Crippen molar-refractivity contribution in [1.82, 2.24) is 0 Å². The molecule has 160 valence electrons. The molecule has 6 heteroatoms. The van der Waals surface area contributed by atoms with E-state index in [2.05, 4.69) is 5.32 Å². The summed E-state index contributed by atoms with van der Waals surface area (Å²) in [6.45, 7) is 0.242. The van der Waals surface area contributed by atoms with E-state index in [0.717, 1.165) is 17.5 Å². The lowest BCUT2D eigenvalue weighted by Gasteiger charge is -2.31. The van der Waals surface area contributed by atoms with Crippen LogP contribution >= 0.6 is 11.6 Å². The van der Waals surface area contributed by atoms with E-state index < -0.39 is 18.0 Å². The number of carbonyl (C=O) groups is 1. The number of nitrogens with zero attached hydrogens (tertiary/aromatic N) is 1. The highest BCUT2D eigenvalue weighted by atomic mass is 35.5. The molecule has 0 aromatic rings. The molecule has 1 unspecified atom stereocenters. The van der Waals surface area contributed by atoms with E-state index in [1.54, 1.807) is 6.07 Å². The minimum atomic E-state index is -2.59. The van der Waals surface area contributed by atoms with Gasteiger partial charge in [-0.2, -0.15) is 0 Å². The van der Waals surface area contributed by atoms with Gasteiger partial charge < -0.3 is 5.32 Å². The molecule has 4 aliphatic rings. The zero-order valence-corrected chi connectivity index (χ0v) is 17.5. The molecule has 2 atom stereocenters. The van der Waals surface area contributed by atoms with Crippen molar-refractivity contribution >= 4 is 17.5 Å². The normalized spacial score (nSPS) is 24.1. The maximum atomic E-state index is 13.6. The smallest absolute Gasteiger partial charge is 0.248 e. The Morgan fingerprint density at radius 3 is 2.53 bits per heavy atom. The van der Waals surface area contributed by atoms with Crippen molar-refractivity contribution in [2.45, 2.75) is 63.0 Å². The number of alkyl halides is 3. The average Bonchev–Trinajstić information content (AvgIpc) is 3.02. The summed E-state index contributed by atoms with van der Waals surface area (Å²) in [5.74, 6) is -2.82. The third-order valence-corrected chi connectivity index (χ3v) is 6.82. The molecule has 0 bridgehead atoms. The maximum absolute atomic E-state index is 13.6. The van der Waals surface area contributed by atoms with Crippen molar-refractivity contribution < 1.29 is 18.0 Å². The van der Waals surface area contributed by atoms with Gasteiger partial charge in [-0.3, -0.25) is 4.79 Å². The van der Waals surface area contributed by atoms with Crippen molar-refractivity contribution in [3.05, 3.63) is 57.9 Å². The highest BCUT2D eigenvalue weighted by Crippen LogP contribution is 2.39. The van der Waals surface area contributed by atoms with Crippen molar-refractivity contribution in [2.24, 2.45) is 5.92 Å². The molecule has 0 heterocycles. The summed E-state index contributed by atoms with van der Waals surface area (Å²) in [4.78, 5) is 12.9. The molecule has 2 nitrogen and oxygen atoms in total. The Kier molecular flexibility index (Phi) is 6.19. The summed E-state index contributed by atoms with van der Waals surface area (Å²) < 4.78 is 40.3. The SMILES string of the molecule is O=C([N-]CC1CCC(F)(F)CC1)c1c2ccc(C3CC[C@H](F)C3)ccc-2cc[c+]1Cl. The fourth-order valence-corrected chi connectivity index (χ4v) is 4.89. The van der Waals surface area contributed by atoms with Crippen LogP contribution in [-0.4, -0.2) is 24.5 Å². The van der Waals surface area contributed by atoms with E-state index in [0.29, 0.717) is 41.8 Å². The zero-order valence-electron chi connectivity index (χ0n) is 16.7. The van der Waals surface area contributed by atoms with Crippen molar-refractivity contribution in [3.8, 4) is 11.1 Å². The molecular formula is C24H25ClF3NO. The zero-order chi connectivity index (χ0) is 21.3. The standard InChI is InChI=1S/C24H25ClF3NO/c25-21-8-5-17-2-1-16(18-3-6-19(26)13-18)4-7-20(17)22(21)23(30)29-14-15-9-11-24(27,28)12-10-15/h1-2,4-5,7-8,15,18-19H,3,6,9-14H2/t18?,19-/m0/s1. The number of fused-ring (bicyclic) bond motifs is 1. The lowest BCUT2D eigenvalue weighted by molar-refractivity contribution is -0.0441. The van der Waals surface area contributed by atoms with Crippen LogP contribution in [0.2, 0.25) is 5.02 Å². The van der Waals surface area contributed by atoms with Crippen LogP contribution in [0.5, 0.6) is 0 Å². The first-order valence-electron chi connectivity index (χ1n) is 10.6.